The number of imide groups is 1. The number of carbonyl (C=O) groups is 3. The number of hydrogen-bond acceptors (Lipinski definition) is 5. The van der Waals surface area contributed by atoms with Crippen LogP contribution in [0.4, 0.5) is 9.18 Å². The van der Waals surface area contributed by atoms with E-state index < -0.39 is 29.2 Å². The van der Waals surface area contributed by atoms with E-state index in [1.807, 2.05) is 0 Å². The van der Waals surface area contributed by atoms with Gasteiger partial charge in [0.05, 0.1) is 6.54 Å². The fourth-order valence-corrected chi connectivity index (χ4v) is 4.00. The molecule has 0 aliphatic carbocycles. The highest BCUT2D eigenvalue weighted by atomic mass is 19.1. The summed E-state index contributed by atoms with van der Waals surface area (Å²) in [6, 6.07) is 12.0. The van der Waals surface area contributed by atoms with Gasteiger partial charge in [0.2, 0.25) is 0 Å². The number of hydrogen-bond donors (Lipinski definition) is 2. The number of aromatic nitrogens is 2. The summed E-state index contributed by atoms with van der Waals surface area (Å²) in [5, 5.41) is 4.94. The van der Waals surface area contributed by atoms with Crippen molar-refractivity contribution in [2.75, 3.05) is 6.54 Å². The highest BCUT2D eigenvalue weighted by molar-refractivity contribution is 6.08. The fourth-order valence-electron chi connectivity index (χ4n) is 4.00. The van der Waals surface area contributed by atoms with E-state index in [-0.39, 0.29) is 18.7 Å². The summed E-state index contributed by atoms with van der Waals surface area (Å²) in [5.41, 5.74) is 0.706. The lowest BCUT2D eigenvalue weighted by molar-refractivity contribution is -0.124. The monoisotopic (exact) mass is 417 g/mol. The van der Waals surface area contributed by atoms with Gasteiger partial charge in [-0.1, -0.05) is 30.3 Å². The van der Waals surface area contributed by atoms with Gasteiger partial charge in [0.15, 0.2) is 11.4 Å². The Hall–Kier alpha value is -4.14. The van der Waals surface area contributed by atoms with Crippen LogP contribution < -0.4 is 10.6 Å². The second kappa shape index (κ2) is 6.98. The molecule has 31 heavy (non-hydrogen) atoms. The van der Waals surface area contributed by atoms with Crippen LogP contribution in [-0.2, 0) is 16.9 Å². The van der Waals surface area contributed by atoms with Gasteiger partial charge in [-0.05, 0) is 29.3 Å². The Morgan fingerprint density at radius 3 is 2.45 bits per heavy atom. The minimum Gasteiger partial charge on any atom is -0.331 e. The Morgan fingerprint density at radius 1 is 1.03 bits per heavy atom. The van der Waals surface area contributed by atoms with E-state index in [4.69, 9.17) is 0 Å². The molecule has 3 heterocycles. The van der Waals surface area contributed by atoms with E-state index in [1.165, 1.54) is 17.0 Å². The Morgan fingerprint density at radius 2 is 1.77 bits per heavy atom. The number of carbonyl (C=O) groups excluding carboxylic acids is 3. The van der Waals surface area contributed by atoms with Gasteiger partial charge in [-0.2, -0.15) is 0 Å². The molecular formula is C22H16FN5O3. The third kappa shape index (κ3) is 3.10. The molecule has 9 heteroatoms. The van der Waals surface area contributed by atoms with Crippen LogP contribution in [0, 0.1) is 5.82 Å². The molecule has 154 valence electrons. The lowest BCUT2D eigenvalue weighted by atomic mass is 9.88. The molecular weight excluding hydrogens is 401 g/mol. The number of nitrogens with one attached hydrogen (secondary N) is 2. The summed E-state index contributed by atoms with van der Waals surface area (Å²) in [6.45, 7) is 0.121. The molecule has 2 aliphatic heterocycles. The second-order valence-corrected chi connectivity index (χ2v) is 7.43. The van der Waals surface area contributed by atoms with Crippen molar-refractivity contribution in [2.24, 2.45) is 0 Å². The normalized spacial score (nSPS) is 19.9. The number of nitrogens with zero attached hydrogens (tertiary/aromatic N) is 3. The Bertz CT molecular complexity index is 1220. The molecule has 0 bridgehead atoms. The second-order valence-electron chi connectivity index (χ2n) is 7.43. The average Bonchev–Trinajstić information content (AvgIpc) is 3.24. The van der Waals surface area contributed by atoms with Crippen molar-refractivity contribution in [1.82, 2.24) is 25.5 Å². The van der Waals surface area contributed by atoms with Crippen molar-refractivity contribution in [3.63, 3.8) is 0 Å². The number of rotatable bonds is 4. The third-order valence-corrected chi connectivity index (χ3v) is 5.52. The van der Waals surface area contributed by atoms with Crippen molar-refractivity contribution >= 4 is 17.8 Å². The lowest BCUT2D eigenvalue weighted by Crippen LogP contribution is -2.52. The summed E-state index contributed by atoms with van der Waals surface area (Å²) in [5.74, 6) is -0.933. The molecule has 0 saturated carbocycles. The van der Waals surface area contributed by atoms with E-state index in [0.29, 0.717) is 17.0 Å². The van der Waals surface area contributed by atoms with E-state index in [1.54, 1.807) is 48.8 Å². The maximum absolute atomic E-state index is 13.6. The van der Waals surface area contributed by atoms with Crippen LogP contribution in [0.5, 0.6) is 0 Å². The highest BCUT2D eigenvalue weighted by Crippen LogP contribution is 2.32. The Labute approximate surface area is 176 Å². The molecule has 0 unspecified atom stereocenters. The number of fused-ring (bicyclic) bond motifs is 1. The molecule has 2 aromatic carbocycles. The van der Waals surface area contributed by atoms with Crippen LogP contribution in [-0.4, -0.2) is 39.3 Å². The van der Waals surface area contributed by atoms with Crippen LogP contribution in [0.15, 0.2) is 60.9 Å². The molecule has 1 atom stereocenters. The average molecular weight is 417 g/mol. The first kappa shape index (κ1) is 18.9. The number of amides is 4. The van der Waals surface area contributed by atoms with Crippen LogP contribution in [0.2, 0.25) is 0 Å². The van der Waals surface area contributed by atoms with E-state index >= 15 is 0 Å². The van der Waals surface area contributed by atoms with E-state index in [9.17, 15) is 18.8 Å². The Balaban J connectivity index is 1.49. The molecule has 8 nitrogen and oxygen atoms in total. The molecule has 4 amide bonds. The zero-order valence-corrected chi connectivity index (χ0v) is 16.1. The quantitative estimate of drug-likeness (QED) is 0.632. The van der Waals surface area contributed by atoms with Gasteiger partial charge in [-0.25, -0.2) is 19.2 Å². The van der Waals surface area contributed by atoms with Crippen molar-refractivity contribution < 1.29 is 18.8 Å². The van der Waals surface area contributed by atoms with Gasteiger partial charge in [-0.3, -0.25) is 14.9 Å². The van der Waals surface area contributed by atoms with Crippen LogP contribution in [0.25, 0.3) is 11.4 Å². The van der Waals surface area contributed by atoms with Gasteiger partial charge < -0.3 is 10.2 Å². The summed E-state index contributed by atoms with van der Waals surface area (Å²) >= 11 is 0. The first-order valence-corrected chi connectivity index (χ1v) is 9.55. The van der Waals surface area contributed by atoms with Gasteiger partial charge in [0.25, 0.3) is 11.8 Å². The largest absolute Gasteiger partial charge is 0.331 e. The number of halogens is 1. The molecule has 0 radical (unpaired) electrons. The van der Waals surface area contributed by atoms with Gasteiger partial charge in [-0.15, -0.1) is 0 Å². The van der Waals surface area contributed by atoms with E-state index in [2.05, 4.69) is 20.6 Å². The standard InChI is InChI=1S/C22H16FN5O3/c23-16-7-4-14-11-28(19(29)17(14)10-16)12-22(20(30)26-21(31)27-22)15-5-2-13(3-6-15)18-24-8-1-9-25-18/h1-10H,11-12H2,(H2,26,27,30,31)/t22-/m1/s1. The maximum atomic E-state index is 13.6. The van der Waals surface area contributed by atoms with Crippen LogP contribution in [0.1, 0.15) is 21.5 Å². The first-order valence-electron chi connectivity index (χ1n) is 9.55. The number of benzene rings is 2. The molecule has 2 aliphatic rings. The van der Waals surface area contributed by atoms with Crippen molar-refractivity contribution in [3.8, 4) is 11.4 Å². The van der Waals surface area contributed by atoms with Crippen molar-refractivity contribution in [1.29, 1.82) is 0 Å². The summed E-state index contributed by atoms with van der Waals surface area (Å²) in [6.07, 6.45) is 3.25. The molecule has 1 saturated heterocycles. The maximum Gasteiger partial charge on any atom is 0.322 e. The Kier molecular flexibility index (Phi) is 4.25. The third-order valence-electron chi connectivity index (χ3n) is 5.52. The van der Waals surface area contributed by atoms with Gasteiger partial charge in [0, 0.05) is 30.1 Å². The summed E-state index contributed by atoms with van der Waals surface area (Å²) < 4.78 is 13.6. The fraction of sp³-hybridized carbons (Fsp3) is 0.136. The highest BCUT2D eigenvalue weighted by Gasteiger charge is 2.50. The molecule has 1 fully saturated rings. The first-order chi connectivity index (χ1) is 15.0. The molecule has 3 aromatic rings. The smallest absolute Gasteiger partial charge is 0.322 e. The molecule has 2 N–H and O–H groups in total. The van der Waals surface area contributed by atoms with Crippen LogP contribution >= 0.6 is 0 Å². The SMILES string of the molecule is O=C1NC(=O)[C@@](CN2Cc3ccc(F)cc3C2=O)(c2ccc(-c3ncccn3)cc2)N1. The number of urea groups is 1. The predicted octanol–water partition coefficient (Wildman–Crippen LogP) is 1.97. The lowest BCUT2D eigenvalue weighted by Gasteiger charge is -2.31. The zero-order valence-electron chi connectivity index (χ0n) is 16.1. The van der Waals surface area contributed by atoms with Crippen molar-refractivity contribution in [3.05, 3.63) is 83.4 Å². The minimum atomic E-state index is -1.47. The molecule has 5 rings (SSSR count). The predicted molar refractivity (Wildman–Crippen MR) is 107 cm³/mol. The van der Waals surface area contributed by atoms with Crippen LogP contribution in [0.3, 0.4) is 0 Å². The molecule has 0 spiro atoms. The van der Waals surface area contributed by atoms with Gasteiger partial charge >= 0.3 is 6.03 Å². The van der Waals surface area contributed by atoms with Gasteiger partial charge in [0.1, 0.15) is 5.82 Å². The zero-order chi connectivity index (χ0) is 21.6. The minimum absolute atomic E-state index is 0.0963. The van der Waals surface area contributed by atoms with Crippen molar-refractivity contribution in [2.45, 2.75) is 12.1 Å². The van der Waals surface area contributed by atoms with E-state index in [0.717, 1.165) is 5.56 Å². The summed E-state index contributed by atoms with van der Waals surface area (Å²) in [4.78, 5) is 47.6. The topological polar surface area (TPSA) is 104 Å². The molecule has 1 aromatic heterocycles. The summed E-state index contributed by atoms with van der Waals surface area (Å²) in [7, 11) is 0.